The molecule has 1 aromatic heterocycles. The van der Waals surface area contributed by atoms with Crippen LogP contribution < -0.4 is 5.56 Å². The van der Waals surface area contributed by atoms with E-state index in [-0.39, 0.29) is 17.5 Å². The summed E-state index contributed by atoms with van der Waals surface area (Å²) in [4.78, 5) is 33.1. The zero-order chi connectivity index (χ0) is 21.7. The Kier molecular flexibility index (Phi) is 7.39. The van der Waals surface area contributed by atoms with Crippen LogP contribution in [0.15, 0.2) is 57.8 Å². The first-order chi connectivity index (χ1) is 14.5. The second-order valence-corrected chi connectivity index (χ2v) is 7.87. The molecule has 1 heterocycles. The van der Waals surface area contributed by atoms with E-state index >= 15 is 0 Å². The van der Waals surface area contributed by atoms with Gasteiger partial charge in [-0.15, -0.1) is 0 Å². The van der Waals surface area contributed by atoms with E-state index in [1.54, 1.807) is 34.8 Å². The number of nitrogens with zero attached hydrogens (tertiary/aromatic N) is 3. The Morgan fingerprint density at radius 1 is 1.17 bits per heavy atom. The molecule has 0 spiro atoms. The molecule has 1 atom stereocenters. The van der Waals surface area contributed by atoms with E-state index in [2.05, 4.69) is 15.9 Å². The molecule has 0 bridgehead atoms. The highest BCUT2D eigenvalue weighted by Crippen LogP contribution is 2.26. The molecule has 2 aromatic carbocycles. The molecule has 0 fully saturated rings. The SMILES string of the molecule is CCC(c1nc2ccccc2c(=O)n1CCOC)N(CC)C(=O)c1ccc(Br)cc1. The summed E-state index contributed by atoms with van der Waals surface area (Å²) in [5.41, 5.74) is 1.13. The second kappa shape index (κ2) is 10.00. The van der Waals surface area contributed by atoms with Crippen LogP contribution in [0.5, 0.6) is 0 Å². The highest BCUT2D eigenvalue weighted by Gasteiger charge is 2.28. The number of fused-ring (bicyclic) bond motifs is 1. The number of benzene rings is 2. The maximum Gasteiger partial charge on any atom is 0.261 e. The number of methoxy groups -OCH3 is 1. The highest BCUT2D eigenvalue weighted by atomic mass is 79.9. The fourth-order valence-electron chi connectivity index (χ4n) is 3.64. The number of aromatic nitrogens is 2. The monoisotopic (exact) mass is 471 g/mol. The predicted octanol–water partition coefficient (Wildman–Crippen LogP) is 4.42. The summed E-state index contributed by atoms with van der Waals surface area (Å²) in [5.74, 6) is 0.503. The molecule has 0 saturated carbocycles. The molecule has 3 rings (SSSR count). The Labute approximate surface area is 184 Å². The zero-order valence-corrected chi connectivity index (χ0v) is 19.1. The summed E-state index contributed by atoms with van der Waals surface area (Å²) >= 11 is 3.41. The molecule has 0 radical (unpaired) electrons. The molecule has 6 nitrogen and oxygen atoms in total. The first-order valence-electron chi connectivity index (χ1n) is 10.1. The molecule has 0 aliphatic carbocycles. The van der Waals surface area contributed by atoms with Crippen LogP contribution in [0.25, 0.3) is 10.9 Å². The van der Waals surface area contributed by atoms with Crippen molar-refractivity contribution in [2.24, 2.45) is 0 Å². The molecule has 3 aromatic rings. The van der Waals surface area contributed by atoms with Gasteiger partial charge in [0.1, 0.15) is 5.82 Å². The van der Waals surface area contributed by atoms with Gasteiger partial charge in [-0.05, 0) is 49.7 Å². The molecular weight excluding hydrogens is 446 g/mol. The van der Waals surface area contributed by atoms with Crippen molar-refractivity contribution < 1.29 is 9.53 Å². The minimum Gasteiger partial charge on any atom is -0.383 e. The van der Waals surface area contributed by atoms with Gasteiger partial charge in [0, 0.05) is 23.7 Å². The van der Waals surface area contributed by atoms with Gasteiger partial charge in [0.2, 0.25) is 0 Å². The summed E-state index contributed by atoms with van der Waals surface area (Å²) in [7, 11) is 1.60. The van der Waals surface area contributed by atoms with Gasteiger partial charge in [-0.3, -0.25) is 14.2 Å². The molecule has 0 aliphatic rings. The molecule has 30 heavy (non-hydrogen) atoms. The van der Waals surface area contributed by atoms with E-state index in [0.29, 0.717) is 48.4 Å². The number of hydrogen-bond acceptors (Lipinski definition) is 4. The average molecular weight is 472 g/mol. The third-order valence-corrected chi connectivity index (χ3v) is 5.69. The number of para-hydroxylation sites is 1. The fraction of sp³-hybridized carbons (Fsp3) is 0.348. The zero-order valence-electron chi connectivity index (χ0n) is 17.5. The number of hydrogen-bond donors (Lipinski definition) is 0. The van der Waals surface area contributed by atoms with Crippen LogP contribution in [-0.4, -0.2) is 40.6 Å². The molecule has 7 heteroatoms. The Morgan fingerprint density at radius 3 is 2.50 bits per heavy atom. The quantitative estimate of drug-likeness (QED) is 0.487. The lowest BCUT2D eigenvalue weighted by molar-refractivity contribution is 0.0667. The topological polar surface area (TPSA) is 64.4 Å². The molecule has 0 aliphatic heterocycles. The highest BCUT2D eigenvalue weighted by molar-refractivity contribution is 9.10. The van der Waals surface area contributed by atoms with Gasteiger partial charge in [-0.1, -0.05) is 35.0 Å². The normalized spacial score (nSPS) is 12.1. The van der Waals surface area contributed by atoms with Gasteiger partial charge in [-0.2, -0.15) is 0 Å². The second-order valence-electron chi connectivity index (χ2n) is 6.96. The Morgan fingerprint density at radius 2 is 1.87 bits per heavy atom. The minimum atomic E-state index is -0.333. The van der Waals surface area contributed by atoms with E-state index in [1.165, 1.54) is 0 Å². The van der Waals surface area contributed by atoms with E-state index in [9.17, 15) is 9.59 Å². The maximum absolute atomic E-state index is 13.3. The molecule has 0 saturated heterocycles. The summed E-state index contributed by atoms with van der Waals surface area (Å²) in [6, 6.07) is 14.3. The molecule has 0 N–H and O–H groups in total. The molecule has 158 valence electrons. The van der Waals surface area contributed by atoms with Crippen LogP contribution in [-0.2, 0) is 11.3 Å². The summed E-state index contributed by atoms with van der Waals surface area (Å²) < 4.78 is 7.79. The lowest BCUT2D eigenvalue weighted by atomic mass is 10.1. The number of halogens is 1. The van der Waals surface area contributed by atoms with Crippen molar-refractivity contribution in [3.05, 3.63) is 74.7 Å². The first-order valence-corrected chi connectivity index (χ1v) is 10.9. The van der Waals surface area contributed by atoms with E-state index < -0.39 is 0 Å². The smallest absolute Gasteiger partial charge is 0.261 e. The van der Waals surface area contributed by atoms with Crippen LogP contribution in [0.2, 0.25) is 0 Å². The molecular formula is C23H26BrN3O3. The van der Waals surface area contributed by atoms with Crippen molar-refractivity contribution in [1.29, 1.82) is 0 Å². The van der Waals surface area contributed by atoms with Crippen molar-refractivity contribution in [2.45, 2.75) is 32.9 Å². The first kappa shape index (κ1) is 22.2. The van der Waals surface area contributed by atoms with Crippen LogP contribution in [0.3, 0.4) is 0 Å². The van der Waals surface area contributed by atoms with Crippen molar-refractivity contribution in [2.75, 3.05) is 20.3 Å². The Hall–Kier alpha value is -2.51. The van der Waals surface area contributed by atoms with E-state index in [4.69, 9.17) is 9.72 Å². The number of amides is 1. The average Bonchev–Trinajstić information content (AvgIpc) is 2.77. The van der Waals surface area contributed by atoms with Crippen LogP contribution in [0.4, 0.5) is 0 Å². The van der Waals surface area contributed by atoms with Crippen molar-refractivity contribution >= 4 is 32.7 Å². The lowest BCUT2D eigenvalue weighted by Crippen LogP contribution is -2.39. The number of carbonyl (C=O) groups is 1. The third kappa shape index (κ3) is 4.47. The van der Waals surface area contributed by atoms with Crippen LogP contribution >= 0.6 is 15.9 Å². The van der Waals surface area contributed by atoms with E-state index in [0.717, 1.165) is 4.47 Å². The van der Waals surface area contributed by atoms with Gasteiger partial charge in [0.15, 0.2) is 0 Å². The molecule has 1 unspecified atom stereocenters. The Balaban J connectivity index is 2.12. The number of ether oxygens (including phenoxy) is 1. The standard InChI is InChI=1S/C23H26BrN3O3/c1-4-20(26(5-2)22(28)16-10-12-17(24)13-11-16)21-25-19-9-7-6-8-18(19)23(29)27(21)14-15-30-3/h6-13,20H,4-5,14-15H2,1-3H3. The summed E-state index contributed by atoms with van der Waals surface area (Å²) in [6.45, 7) is 5.21. The third-order valence-electron chi connectivity index (χ3n) is 5.16. The number of carbonyl (C=O) groups excluding carboxylic acids is 1. The minimum absolute atomic E-state index is 0.0856. The van der Waals surface area contributed by atoms with E-state index in [1.807, 2.05) is 44.2 Å². The fourth-order valence-corrected chi connectivity index (χ4v) is 3.91. The van der Waals surface area contributed by atoms with Crippen molar-refractivity contribution in [1.82, 2.24) is 14.5 Å². The molecule has 1 amide bonds. The predicted molar refractivity (Wildman–Crippen MR) is 122 cm³/mol. The maximum atomic E-state index is 13.3. The van der Waals surface area contributed by atoms with Gasteiger partial charge in [0.05, 0.1) is 30.1 Å². The van der Waals surface area contributed by atoms with Gasteiger partial charge < -0.3 is 9.64 Å². The van der Waals surface area contributed by atoms with Crippen LogP contribution in [0.1, 0.15) is 42.5 Å². The largest absolute Gasteiger partial charge is 0.383 e. The summed E-state index contributed by atoms with van der Waals surface area (Å²) in [6.07, 6.45) is 0.633. The van der Waals surface area contributed by atoms with Crippen LogP contribution in [0, 0.1) is 0 Å². The Bertz CT molecular complexity index is 1080. The number of rotatable bonds is 8. The van der Waals surface area contributed by atoms with Gasteiger partial charge in [0.25, 0.3) is 11.5 Å². The van der Waals surface area contributed by atoms with Gasteiger partial charge in [-0.25, -0.2) is 4.98 Å². The van der Waals surface area contributed by atoms with Crippen molar-refractivity contribution in [3.8, 4) is 0 Å². The van der Waals surface area contributed by atoms with Gasteiger partial charge >= 0.3 is 0 Å². The lowest BCUT2D eigenvalue weighted by Gasteiger charge is -2.31. The van der Waals surface area contributed by atoms with Crippen molar-refractivity contribution in [3.63, 3.8) is 0 Å². The summed E-state index contributed by atoms with van der Waals surface area (Å²) in [5, 5.41) is 0.564.